The maximum absolute atomic E-state index is 12.9. The molecule has 0 bridgehead atoms. The first-order chi connectivity index (χ1) is 13.3. The first kappa shape index (κ1) is 17.2. The number of benzene rings is 3. The number of amides is 1. The van der Waals surface area contributed by atoms with Gasteiger partial charge >= 0.3 is 0 Å². The summed E-state index contributed by atoms with van der Waals surface area (Å²) in [5.41, 5.74) is 4.07. The Morgan fingerprint density at radius 2 is 1.33 bits per heavy atom. The van der Waals surface area contributed by atoms with Gasteiger partial charge in [0, 0.05) is 23.6 Å². The Morgan fingerprint density at radius 1 is 0.815 bits per heavy atom. The van der Waals surface area contributed by atoms with Gasteiger partial charge in [-0.25, -0.2) is 5.01 Å². The molecule has 0 radical (unpaired) electrons. The summed E-state index contributed by atoms with van der Waals surface area (Å²) < 4.78 is 0. The van der Waals surface area contributed by atoms with Crippen LogP contribution in [-0.2, 0) is 11.2 Å². The molecule has 1 heterocycles. The molecule has 1 fully saturated rings. The summed E-state index contributed by atoms with van der Waals surface area (Å²) in [6.45, 7) is 0.666. The van der Waals surface area contributed by atoms with Gasteiger partial charge in [0.05, 0.1) is 5.71 Å². The zero-order valence-electron chi connectivity index (χ0n) is 15.2. The van der Waals surface area contributed by atoms with Crippen molar-refractivity contribution in [3.63, 3.8) is 0 Å². The zero-order chi connectivity index (χ0) is 18.5. The van der Waals surface area contributed by atoms with Crippen molar-refractivity contribution in [1.82, 2.24) is 5.01 Å². The predicted molar refractivity (Wildman–Crippen MR) is 108 cm³/mol. The summed E-state index contributed by atoms with van der Waals surface area (Å²) in [6.07, 6.45) is 1.62. The monoisotopic (exact) mass is 354 g/mol. The fourth-order valence-electron chi connectivity index (χ4n) is 3.50. The maximum Gasteiger partial charge on any atom is 0.246 e. The molecular formula is C24H22N2O. The van der Waals surface area contributed by atoms with Crippen LogP contribution in [0, 0.1) is 5.92 Å². The Hall–Kier alpha value is -3.20. The van der Waals surface area contributed by atoms with E-state index >= 15 is 0 Å². The van der Waals surface area contributed by atoms with E-state index in [0.29, 0.717) is 6.54 Å². The van der Waals surface area contributed by atoms with Crippen molar-refractivity contribution < 1.29 is 4.79 Å². The number of hydrazone groups is 1. The van der Waals surface area contributed by atoms with Gasteiger partial charge in [-0.1, -0.05) is 91.0 Å². The highest BCUT2D eigenvalue weighted by Gasteiger charge is 2.32. The van der Waals surface area contributed by atoms with Crippen molar-refractivity contribution in [1.29, 1.82) is 0 Å². The summed E-state index contributed by atoms with van der Waals surface area (Å²) in [7, 11) is 0. The Balaban J connectivity index is 1.60. The smallest absolute Gasteiger partial charge is 0.246 e. The molecule has 1 aliphatic heterocycles. The quantitative estimate of drug-likeness (QED) is 0.620. The lowest BCUT2D eigenvalue weighted by Gasteiger charge is -2.15. The Labute approximate surface area is 160 Å². The molecular weight excluding hydrogens is 332 g/mol. The van der Waals surface area contributed by atoms with Gasteiger partial charge < -0.3 is 0 Å². The Bertz CT molecular complexity index is 879. The molecule has 0 spiro atoms. The second kappa shape index (κ2) is 8.00. The molecule has 4 rings (SSSR count). The summed E-state index contributed by atoms with van der Waals surface area (Å²) in [5.74, 6) is 0.118. The van der Waals surface area contributed by atoms with Crippen molar-refractivity contribution in [3.05, 3.63) is 108 Å². The third kappa shape index (κ3) is 3.98. The van der Waals surface area contributed by atoms with Crippen LogP contribution in [0.2, 0.25) is 0 Å². The lowest BCUT2D eigenvalue weighted by atomic mass is 9.98. The van der Waals surface area contributed by atoms with Gasteiger partial charge in [0.1, 0.15) is 0 Å². The minimum absolute atomic E-state index is 0.00365. The van der Waals surface area contributed by atoms with Crippen molar-refractivity contribution in [2.75, 3.05) is 6.54 Å². The van der Waals surface area contributed by atoms with E-state index in [1.54, 1.807) is 5.01 Å². The van der Waals surface area contributed by atoms with Crippen LogP contribution in [0.1, 0.15) is 23.1 Å². The zero-order valence-corrected chi connectivity index (χ0v) is 15.2. The molecule has 3 aromatic carbocycles. The van der Waals surface area contributed by atoms with Crippen LogP contribution in [0.3, 0.4) is 0 Å². The lowest BCUT2D eigenvalue weighted by Crippen LogP contribution is -2.25. The molecule has 1 amide bonds. The standard InChI is InChI=1S/C24H22N2O/c27-24-22(18-19-10-4-1-5-11-19)16-17-26(24)25-23(20-12-6-2-7-13-20)21-14-8-3-9-15-21/h1-15,22H,16-18H2. The summed E-state index contributed by atoms with van der Waals surface area (Å²) in [6, 6.07) is 30.3. The van der Waals surface area contributed by atoms with Crippen LogP contribution < -0.4 is 0 Å². The van der Waals surface area contributed by atoms with Gasteiger partial charge in [0.25, 0.3) is 0 Å². The van der Waals surface area contributed by atoms with E-state index < -0.39 is 0 Å². The number of carbonyl (C=O) groups excluding carboxylic acids is 1. The van der Waals surface area contributed by atoms with E-state index in [1.807, 2.05) is 78.9 Å². The van der Waals surface area contributed by atoms with E-state index in [-0.39, 0.29) is 11.8 Å². The Morgan fingerprint density at radius 3 is 1.89 bits per heavy atom. The molecule has 0 saturated carbocycles. The number of rotatable bonds is 5. The van der Waals surface area contributed by atoms with Crippen molar-refractivity contribution in [2.24, 2.45) is 11.0 Å². The third-order valence-electron chi connectivity index (χ3n) is 4.93. The minimum atomic E-state index is 0.00365. The highest BCUT2D eigenvalue weighted by Crippen LogP contribution is 2.24. The van der Waals surface area contributed by atoms with Gasteiger partial charge in [0.15, 0.2) is 0 Å². The summed E-state index contributed by atoms with van der Waals surface area (Å²) >= 11 is 0. The molecule has 1 atom stereocenters. The molecule has 0 N–H and O–H groups in total. The van der Waals surface area contributed by atoms with E-state index in [4.69, 9.17) is 5.10 Å². The van der Waals surface area contributed by atoms with Gasteiger partial charge in [-0.3, -0.25) is 4.79 Å². The van der Waals surface area contributed by atoms with Crippen LogP contribution in [0.5, 0.6) is 0 Å². The number of carbonyl (C=O) groups is 1. The van der Waals surface area contributed by atoms with E-state index in [0.717, 1.165) is 29.7 Å². The van der Waals surface area contributed by atoms with Crippen LogP contribution in [0.25, 0.3) is 0 Å². The van der Waals surface area contributed by atoms with Gasteiger partial charge in [-0.15, -0.1) is 0 Å². The van der Waals surface area contributed by atoms with Gasteiger partial charge in [-0.2, -0.15) is 5.10 Å². The van der Waals surface area contributed by atoms with E-state index in [1.165, 1.54) is 5.56 Å². The van der Waals surface area contributed by atoms with Crippen LogP contribution in [-0.4, -0.2) is 23.2 Å². The van der Waals surface area contributed by atoms with Crippen LogP contribution in [0.15, 0.2) is 96.1 Å². The molecule has 3 aromatic rings. The average molecular weight is 354 g/mol. The predicted octanol–water partition coefficient (Wildman–Crippen LogP) is 4.53. The fraction of sp³-hybridized carbons (Fsp3) is 0.167. The SMILES string of the molecule is O=C1C(Cc2ccccc2)CCN1N=C(c1ccccc1)c1ccccc1. The molecule has 0 aliphatic carbocycles. The number of hydrogen-bond donors (Lipinski definition) is 0. The molecule has 27 heavy (non-hydrogen) atoms. The average Bonchev–Trinajstić information content (AvgIpc) is 3.07. The first-order valence-corrected chi connectivity index (χ1v) is 9.36. The number of nitrogens with zero attached hydrogens (tertiary/aromatic N) is 2. The van der Waals surface area contributed by atoms with Gasteiger partial charge in [-0.05, 0) is 18.4 Å². The topological polar surface area (TPSA) is 32.7 Å². The van der Waals surface area contributed by atoms with Crippen molar-refractivity contribution in [2.45, 2.75) is 12.8 Å². The molecule has 1 aliphatic rings. The fourth-order valence-corrected chi connectivity index (χ4v) is 3.50. The molecule has 134 valence electrons. The maximum atomic E-state index is 12.9. The second-order valence-electron chi connectivity index (χ2n) is 6.82. The first-order valence-electron chi connectivity index (χ1n) is 9.36. The minimum Gasteiger partial charge on any atom is -0.273 e. The Kier molecular flexibility index (Phi) is 5.10. The lowest BCUT2D eigenvalue weighted by molar-refractivity contribution is -0.130. The highest BCUT2D eigenvalue weighted by molar-refractivity contribution is 6.13. The summed E-state index contributed by atoms with van der Waals surface area (Å²) in [5, 5.41) is 6.45. The highest BCUT2D eigenvalue weighted by atomic mass is 16.2. The molecule has 3 nitrogen and oxygen atoms in total. The van der Waals surface area contributed by atoms with Gasteiger partial charge in [0.2, 0.25) is 5.91 Å². The summed E-state index contributed by atoms with van der Waals surface area (Å²) in [4.78, 5) is 12.9. The molecule has 1 unspecified atom stereocenters. The number of hydrogen-bond acceptors (Lipinski definition) is 2. The van der Waals surface area contributed by atoms with Crippen LogP contribution in [0.4, 0.5) is 0 Å². The molecule has 0 aromatic heterocycles. The molecule has 1 saturated heterocycles. The third-order valence-corrected chi connectivity index (χ3v) is 4.93. The van der Waals surface area contributed by atoms with Crippen LogP contribution >= 0.6 is 0 Å². The van der Waals surface area contributed by atoms with Crippen molar-refractivity contribution >= 4 is 11.6 Å². The van der Waals surface area contributed by atoms with Crippen molar-refractivity contribution in [3.8, 4) is 0 Å². The molecule has 3 heteroatoms. The normalized spacial score (nSPS) is 16.4. The largest absolute Gasteiger partial charge is 0.273 e. The van der Waals surface area contributed by atoms with E-state index in [2.05, 4.69) is 12.1 Å². The van der Waals surface area contributed by atoms with E-state index in [9.17, 15) is 4.79 Å². The second-order valence-corrected chi connectivity index (χ2v) is 6.82.